The average molecular weight is 372 g/mol. The average Bonchev–Trinajstić information content (AvgIpc) is 3.33. The summed E-state index contributed by atoms with van der Waals surface area (Å²) >= 11 is 1.61. The van der Waals surface area contributed by atoms with Crippen molar-refractivity contribution in [2.75, 3.05) is 0 Å². The first-order chi connectivity index (χ1) is 12.7. The van der Waals surface area contributed by atoms with E-state index in [1.165, 1.54) is 43.0 Å². The molecule has 2 bridgehead atoms. The van der Waals surface area contributed by atoms with Crippen LogP contribution in [0.15, 0.2) is 10.9 Å². The molecule has 0 amide bonds. The van der Waals surface area contributed by atoms with Gasteiger partial charge in [-0.25, -0.2) is 4.98 Å². The molecule has 5 rings (SSSR count). The van der Waals surface area contributed by atoms with E-state index in [9.17, 15) is 9.59 Å². The summed E-state index contributed by atoms with van der Waals surface area (Å²) in [6.45, 7) is 0.105. The fourth-order valence-electron chi connectivity index (χ4n) is 5.27. The lowest BCUT2D eigenvalue weighted by Crippen LogP contribution is -2.20. The maximum absolute atomic E-state index is 12.5. The predicted molar refractivity (Wildman–Crippen MR) is 99.3 cm³/mol. The number of rotatable bonds is 4. The first kappa shape index (κ1) is 16.5. The zero-order chi connectivity index (χ0) is 17.7. The molecule has 3 atom stereocenters. The first-order valence-corrected chi connectivity index (χ1v) is 10.7. The normalized spacial score (nSPS) is 27.0. The largest absolute Gasteiger partial charge is 0.459 e. The van der Waals surface area contributed by atoms with Crippen molar-refractivity contribution < 1.29 is 9.53 Å². The van der Waals surface area contributed by atoms with Crippen LogP contribution in [0.1, 0.15) is 61.2 Å². The first-order valence-electron chi connectivity index (χ1n) is 9.86. The lowest BCUT2D eigenvalue weighted by atomic mass is 9.86. The summed E-state index contributed by atoms with van der Waals surface area (Å²) in [6.07, 6.45) is 9.94. The van der Waals surface area contributed by atoms with Crippen molar-refractivity contribution in [3.63, 3.8) is 0 Å². The van der Waals surface area contributed by atoms with Crippen molar-refractivity contribution in [3.05, 3.63) is 32.7 Å². The second-order valence-corrected chi connectivity index (χ2v) is 9.24. The highest BCUT2D eigenvalue weighted by Crippen LogP contribution is 2.49. The fraction of sp³-hybridized carbons (Fsp3) is 0.650. The standard InChI is InChI=1S/C20H24N2O3S/c23-18-10-15(21-20-22(18)16-3-1-2-4-17(16)26-20)11-25-19(24)9-14-8-12-5-6-13(14)7-12/h10,12-14H,1-9,11H2/t12-,13-,14+/m1/s1. The highest BCUT2D eigenvalue weighted by atomic mass is 32.1. The fourth-order valence-corrected chi connectivity index (χ4v) is 6.50. The van der Waals surface area contributed by atoms with Crippen molar-refractivity contribution in [2.24, 2.45) is 17.8 Å². The van der Waals surface area contributed by atoms with E-state index in [1.54, 1.807) is 15.7 Å². The Morgan fingerprint density at radius 3 is 2.96 bits per heavy atom. The molecule has 0 radical (unpaired) electrons. The van der Waals surface area contributed by atoms with Gasteiger partial charge in [-0.1, -0.05) is 6.42 Å². The van der Waals surface area contributed by atoms with Gasteiger partial charge in [-0.15, -0.1) is 11.3 Å². The Bertz CT molecular complexity index is 916. The third kappa shape index (κ3) is 2.88. The molecule has 3 aliphatic carbocycles. The van der Waals surface area contributed by atoms with Crippen LogP contribution in [0.4, 0.5) is 0 Å². The predicted octanol–water partition coefficient (Wildman–Crippen LogP) is 3.50. The monoisotopic (exact) mass is 372 g/mol. The minimum absolute atomic E-state index is 0.0476. The lowest BCUT2D eigenvalue weighted by molar-refractivity contribution is -0.146. The van der Waals surface area contributed by atoms with Crippen LogP contribution in [0.5, 0.6) is 0 Å². The van der Waals surface area contributed by atoms with Crippen LogP contribution in [-0.2, 0) is 29.0 Å². The molecule has 26 heavy (non-hydrogen) atoms. The molecule has 2 aromatic heterocycles. The Morgan fingerprint density at radius 1 is 1.27 bits per heavy atom. The Labute approximate surface area is 156 Å². The van der Waals surface area contributed by atoms with Crippen molar-refractivity contribution in [1.82, 2.24) is 9.38 Å². The number of hydrogen-bond donors (Lipinski definition) is 0. The number of carbonyl (C=O) groups is 1. The molecular weight excluding hydrogens is 348 g/mol. The molecule has 2 saturated carbocycles. The number of thiazole rings is 1. The maximum atomic E-state index is 12.5. The number of fused-ring (bicyclic) bond motifs is 5. The number of nitrogens with zero attached hydrogens (tertiary/aromatic N) is 2. The minimum Gasteiger partial charge on any atom is -0.459 e. The molecule has 0 N–H and O–H groups in total. The molecule has 0 saturated heterocycles. The molecule has 0 unspecified atom stereocenters. The molecule has 5 nitrogen and oxygen atoms in total. The molecule has 2 heterocycles. The van der Waals surface area contributed by atoms with Gasteiger partial charge in [-0.3, -0.25) is 14.0 Å². The van der Waals surface area contributed by atoms with Crippen LogP contribution in [0.3, 0.4) is 0 Å². The van der Waals surface area contributed by atoms with Crippen LogP contribution in [-0.4, -0.2) is 15.4 Å². The van der Waals surface area contributed by atoms with Gasteiger partial charge in [0.1, 0.15) is 6.61 Å². The van der Waals surface area contributed by atoms with Crippen LogP contribution in [0, 0.1) is 17.8 Å². The summed E-state index contributed by atoms with van der Waals surface area (Å²) in [6, 6.07) is 1.53. The molecule has 0 aromatic carbocycles. The molecule has 3 aliphatic rings. The second-order valence-electron chi connectivity index (χ2n) is 8.18. The molecular formula is C20H24N2O3S. The van der Waals surface area contributed by atoms with Gasteiger partial charge in [0, 0.05) is 23.1 Å². The number of esters is 1. The number of ether oxygens (including phenoxy) is 1. The van der Waals surface area contributed by atoms with Crippen LogP contribution >= 0.6 is 11.3 Å². The van der Waals surface area contributed by atoms with E-state index in [1.807, 2.05) is 0 Å². The molecule has 138 valence electrons. The summed E-state index contributed by atoms with van der Waals surface area (Å²) in [5.41, 5.74) is 1.65. The van der Waals surface area contributed by atoms with E-state index >= 15 is 0 Å². The number of aryl methyl sites for hydroxylation is 2. The summed E-state index contributed by atoms with van der Waals surface area (Å²) in [5, 5.41) is 0. The van der Waals surface area contributed by atoms with E-state index in [2.05, 4.69) is 4.98 Å². The van der Waals surface area contributed by atoms with Gasteiger partial charge < -0.3 is 4.74 Å². The van der Waals surface area contributed by atoms with Crippen LogP contribution in [0.25, 0.3) is 4.96 Å². The van der Waals surface area contributed by atoms with Gasteiger partial charge >= 0.3 is 5.97 Å². The van der Waals surface area contributed by atoms with Crippen molar-refractivity contribution in [3.8, 4) is 0 Å². The minimum atomic E-state index is -0.143. The Morgan fingerprint density at radius 2 is 2.15 bits per heavy atom. The topological polar surface area (TPSA) is 60.7 Å². The summed E-state index contributed by atoms with van der Waals surface area (Å²) in [5.74, 6) is 1.93. The lowest BCUT2D eigenvalue weighted by Gasteiger charge is -2.20. The zero-order valence-electron chi connectivity index (χ0n) is 14.9. The number of carbonyl (C=O) groups excluding carboxylic acids is 1. The van der Waals surface area contributed by atoms with Crippen molar-refractivity contribution in [2.45, 2.75) is 64.4 Å². The van der Waals surface area contributed by atoms with E-state index < -0.39 is 0 Å². The van der Waals surface area contributed by atoms with E-state index in [-0.39, 0.29) is 18.1 Å². The maximum Gasteiger partial charge on any atom is 0.306 e. The smallest absolute Gasteiger partial charge is 0.306 e. The van der Waals surface area contributed by atoms with E-state index in [0.29, 0.717) is 18.0 Å². The SMILES string of the molecule is O=C(C[C@@H]1C[C@@H]2CC[C@@H]1C2)OCc1cc(=O)n2c3c(sc2n1)CCCC3. The van der Waals surface area contributed by atoms with Gasteiger partial charge in [0.25, 0.3) is 5.56 Å². The Kier molecular flexibility index (Phi) is 4.11. The van der Waals surface area contributed by atoms with Crippen molar-refractivity contribution >= 4 is 22.3 Å². The van der Waals surface area contributed by atoms with Gasteiger partial charge in [0.05, 0.1) is 5.69 Å². The van der Waals surface area contributed by atoms with Gasteiger partial charge in [0.15, 0.2) is 4.96 Å². The number of aromatic nitrogens is 2. The second kappa shape index (κ2) is 6.48. The van der Waals surface area contributed by atoms with Gasteiger partial charge in [0.2, 0.25) is 0 Å². The number of hydrogen-bond acceptors (Lipinski definition) is 5. The third-order valence-corrected chi connectivity index (χ3v) is 7.65. The Balaban J connectivity index is 1.27. The molecule has 6 heteroatoms. The molecule has 0 aliphatic heterocycles. The van der Waals surface area contributed by atoms with Crippen LogP contribution in [0.2, 0.25) is 0 Å². The van der Waals surface area contributed by atoms with E-state index in [0.717, 1.165) is 41.8 Å². The highest BCUT2D eigenvalue weighted by molar-refractivity contribution is 7.17. The highest BCUT2D eigenvalue weighted by Gasteiger charge is 2.40. The van der Waals surface area contributed by atoms with Crippen molar-refractivity contribution in [1.29, 1.82) is 0 Å². The summed E-state index contributed by atoms with van der Waals surface area (Å²) < 4.78 is 7.21. The summed E-state index contributed by atoms with van der Waals surface area (Å²) in [4.78, 5) is 31.4. The molecule has 0 spiro atoms. The summed E-state index contributed by atoms with van der Waals surface area (Å²) in [7, 11) is 0. The third-order valence-electron chi connectivity index (χ3n) is 6.51. The quantitative estimate of drug-likeness (QED) is 0.771. The van der Waals surface area contributed by atoms with Gasteiger partial charge in [-0.2, -0.15) is 0 Å². The Hall–Kier alpha value is -1.69. The van der Waals surface area contributed by atoms with Crippen LogP contribution < -0.4 is 5.56 Å². The molecule has 2 fully saturated rings. The van der Waals surface area contributed by atoms with E-state index in [4.69, 9.17) is 4.74 Å². The van der Waals surface area contributed by atoms with Gasteiger partial charge in [-0.05, 0) is 62.7 Å². The molecule has 2 aromatic rings. The zero-order valence-corrected chi connectivity index (χ0v) is 15.7.